The first-order valence-corrected chi connectivity index (χ1v) is 6.36. The molecule has 0 radical (unpaired) electrons. The normalized spacial score (nSPS) is 10.6. The molecule has 1 N–H and O–H groups in total. The summed E-state index contributed by atoms with van der Waals surface area (Å²) in [6, 6.07) is 5.76. The number of hydrogen-bond donors (Lipinski definition) is 1. The summed E-state index contributed by atoms with van der Waals surface area (Å²) in [7, 11) is 0. The zero-order chi connectivity index (χ0) is 13.2. The van der Waals surface area contributed by atoms with Gasteiger partial charge in [-0.25, -0.2) is 4.98 Å². The number of nitrogens with one attached hydrogen (secondary N) is 1. The van der Waals surface area contributed by atoms with E-state index in [4.69, 9.17) is 10.00 Å². The lowest BCUT2D eigenvalue weighted by atomic mass is 10.2. The van der Waals surface area contributed by atoms with Gasteiger partial charge >= 0.3 is 0 Å². The summed E-state index contributed by atoms with van der Waals surface area (Å²) in [4.78, 5) is 3.93. The Balaban J connectivity index is 2.09. The molecule has 1 aromatic rings. The van der Waals surface area contributed by atoms with Crippen LogP contribution in [-0.2, 0) is 11.3 Å². The third-order valence-electron chi connectivity index (χ3n) is 2.36. The lowest BCUT2D eigenvalue weighted by Crippen LogP contribution is -2.17. The van der Waals surface area contributed by atoms with Gasteiger partial charge in [0.2, 0.25) is 0 Å². The van der Waals surface area contributed by atoms with E-state index in [0.29, 0.717) is 11.6 Å². The minimum absolute atomic E-state index is 0.467. The van der Waals surface area contributed by atoms with Crippen molar-refractivity contribution in [2.75, 3.05) is 19.8 Å². The van der Waals surface area contributed by atoms with E-state index in [1.807, 2.05) is 18.2 Å². The van der Waals surface area contributed by atoms with Crippen molar-refractivity contribution in [3.05, 3.63) is 29.6 Å². The van der Waals surface area contributed by atoms with Gasteiger partial charge in [0.25, 0.3) is 0 Å². The molecule has 0 fully saturated rings. The molecule has 4 nitrogen and oxygen atoms in total. The summed E-state index contributed by atoms with van der Waals surface area (Å²) in [5, 5.41) is 12.0. The highest BCUT2D eigenvalue weighted by atomic mass is 16.5. The summed E-state index contributed by atoms with van der Waals surface area (Å²) in [6.07, 6.45) is 2.67. The van der Waals surface area contributed by atoms with Crippen LogP contribution in [0.5, 0.6) is 0 Å². The van der Waals surface area contributed by atoms with Crippen LogP contribution in [0.4, 0.5) is 0 Å². The van der Waals surface area contributed by atoms with E-state index in [1.54, 1.807) is 6.20 Å². The van der Waals surface area contributed by atoms with Crippen LogP contribution in [0.15, 0.2) is 18.3 Å². The van der Waals surface area contributed by atoms with Crippen molar-refractivity contribution >= 4 is 0 Å². The quantitative estimate of drug-likeness (QED) is 0.715. The van der Waals surface area contributed by atoms with E-state index in [9.17, 15) is 0 Å². The largest absolute Gasteiger partial charge is 0.381 e. The molecule has 18 heavy (non-hydrogen) atoms. The summed E-state index contributed by atoms with van der Waals surface area (Å²) in [6.45, 7) is 7.60. The first-order chi connectivity index (χ1) is 8.72. The maximum Gasteiger partial charge on any atom is 0.140 e. The number of rotatable bonds is 8. The summed E-state index contributed by atoms with van der Waals surface area (Å²) >= 11 is 0. The second-order valence-corrected chi connectivity index (χ2v) is 4.66. The van der Waals surface area contributed by atoms with E-state index in [0.717, 1.165) is 38.3 Å². The average molecular weight is 247 g/mol. The highest BCUT2D eigenvalue weighted by Gasteiger charge is 1.97. The van der Waals surface area contributed by atoms with Crippen molar-refractivity contribution in [2.45, 2.75) is 26.8 Å². The molecule has 0 aliphatic rings. The molecule has 0 aromatic carbocycles. The van der Waals surface area contributed by atoms with Crippen LogP contribution < -0.4 is 5.32 Å². The number of nitrogens with zero attached hydrogens (tertiary/aromatic N) is 2. The van der Waals surface area contributed by atoms with Gasteiger partial charge in [-0.2, -0.15) is 5.26 Å². The lowest BCUT2D eigenvalue weighted by molar-refractivity contribution is 0.108. The zero-order valence-corrected chi connectivity index (χ0v) is 11.1. The smallest absolute Gasteiger partial charge is 0.140 e. The van der Waals surface area contributed by atoms with Gasteiger partial charge in [-0.1, -0.05) is 13.8 Å². The summed E-state index contributed by atoms with van der Waals surface area (Å²) in [5.41, 5.74) is 1.55. The lowest BCUT2D eigenvalue weighted by Gasteiger charge is -2.07. The topological polar surface area (TPSA) is 57.9 Å². The van der Waals surface area contributed by atoms with Crippen LogP contribution in [0.3, 0.4) is 0 Å². The van der Waals surface area contributed by atoms with Gasteiger partial charge in [-0.3, -0.25) is 0 Å². The third-order valence-corrected chi connectivity index (χ3v) is 2.36. The van der Waals surface area contributed by atoms with Gasteiger partial charge in [0, 0.05) is 26.0 Å². The Morgan fingerprint density at radius 2 is 2.33 bits per heavy atom. The first kappa shape index (κ1) is 14.6. The minimum Gasteiger partial charge on any atom is -0.381 e. The zero-order valence-electron chi connectivity index (χ0n) is 11.1. The van der Waals surface area contributed by atoms with Gasteiger partial charge in [0.05, 0.1) is 0 Å². The highest BCUT2D eigenvalue weighted by molar-refractivity contribution is 5.25. The third kappa shape index (κ3) is 6.33. The van der Waals surface area contributed by atoms with Crippen molar-refractivity contribution in [3.8, 4) is 6.07 Å². The van der Waals surface area contributed by atoms with Crippen molar-refractivity contribution in [1.29, 1.82) is 5.26 Å². The molecule has 0 saturated heterocycles. The van der Waals surface area contributed by atoms with Crippen molar-refractivity contribution in [3.63, 3.8) is 0 Å². The Labute approximate surface area is 109 Å². The van der Waals surface area contributed by atoms with Crippen LogP contribution in [-0.4, -0.2) is 24.7 Å². The van der Waals surface area contributed by atoms with E-state index < -0.39 is 0 Å². The molecule has 0 spiro atoms. The molecule has 0 aliphatic carbocycles. The average Bonchev–Trinajstić information content (AvgIpc) is 2.37. The SMILES string of the molecule is CC(C)COCCCNCc1ccnc(C#N)c1. The summed E-state index contributed by atoms with van der Waals surface area (Å²) in [5.74, 6) is 0.596. The van der Waals surface area contributed by atoms with Crippen LogP contribution in [0.1, 0.15) is 31.5 Å². The molecule has 1 rings (SSSR count). The fourth-order valence-corrected chi connectivity index (χ4v) is 1.50. The molecular formula is C14H21N3O. The number of nitriles is 1. The van der Waals surface area contributed by atoms with Crippen LogP contribution in [0, 0.1) is 17.2 Å². The second-order valence-electron chi connectivity index (χ2n) is 4.66. The van der Waals surface area contributed by atoms with Crippen molar-refractivity contribution in [1.82, 2.24) is 10.3 Å². The Kier molecular flexibility index (Phi) is 7.00. The maximum atomic E-state index is 8.73. The van der Waals surface area contributed by atoms with Gasteiger partial charge in [0.1, 0.15) is 11.8 Å². The number of aromatic nitrogens is 1. The standard InChI is InChI=1S/C14H21N3O/c1-12(2)11-18-7-3-5-16-10-13-4-6-17-14(8-13)9-15/h4,6,8,12,16H,3,5,7,10-11H2,1-2H3. The van der Waals surface area contributed by atoms with Crippen LogP contribution >= 0.6 is 0 Å². The molecule has 0 aliphatic heterocycles. The van der Waals surface area contributed by atoms with E-state index in [1.165, 1.54) is 0 Å². The van der Waals surface area contributed by atoms with Crippen LogP contribution in [0.2, 0.25) is 0 Å². The Morgan fingerprint density at radius 3 is 3.06 bits per heavy atom. The maximum absolute atomic E-state index is 8.73. The second kappa shape index (κ2) is 8.62. The molecule has 0 atom stereocenters. The highest BCUT2D eigenvalue weighted by Crippen LogP contribution is 2.00. The molecule has 98 valence electrons. The van der Waals surface area contributed by atoms with Gasteiger partial charge in [-0.05, 0) is 36.6 Å². The molecular weight excluding hydrogens is 226 g/mol. The summed E-state index contributed by atoms with van der Waals surface area (Å²) < 4.78 is 5.49. The first-order valence-electron chi connectivity index (χ1n) is 6.36. The van der Waals surface area contributed by atoms with E-state index in [2.05, 4.69) is 24.1 Å². The molecule has 1 aromatic heterocycles. The van der Waals surface area contributed by atoms with Crippen molar-refractivity contribution in [2.24, 2.45) is 5.92 Å². The molecule has 0 amide bonds. The molecule has 0 saturated carbocycles. The fraction of sp³-hybridized carbons (Fsp3) is 0.571. The monoisotopic (exact) mass is 247 g/mol. The predicted octanol–water partition coefficient (Wildman–Crippen LogP) is 2.11. The molecule has 1 heterocycles. The molecule has 4 heteroatoms. The van der Waals surface area contributed by atoms with E-state index in [-0.39, 0.29) is 0 Å². The fourth-order valence-electron chi connectivity index (χ4n) is 1.50. The number of hydrogen-bond acceptors (Lipinski definition) is 4. The molecule has 0 bridgehead atoms. The minimum atomic E-state index is 0.467. The number of pyridine rings is 1. The Hall–Kier alpha value is -1.44. The van der Waals surface area contributed by atoms with Gasteiger partial charge in [0.15, 0.2) is 0 Å². The molecule has 0 unspecified atom stereocenters. The van der Waals surface area contributed by atoms with Gasteiger partial charge < -0.3 is 10.1 Å². The van der Waals surface area contributed by atoms with Crippen molar-refractivity contribution < 1.29 is 4.74 Å². The van der Waals surface area contributed by atoms with E-state index >= 15 is 0 Å². The Bertz CT molecular complexity index is 385. The van der Waals surface area contributed by atoms with Gasteiger partial charge in [-0.15, -0.1) is 0 Å². The van der Waals surface area contributed by atoms with Crippen LogP contribution in [0.25, 0.3) is 0 Å². The Morgan fingerprint density at radius 1 is 1.50 bits per heavy atom. The predicted molar refractivity (Wildman–Crippen MR) is 70.9 cm³/mol. The number of ether oxygens (including phenoxy) is 1.